The lowest BCUT2D eigenvalue weighted by molar-refractivity contribution is 0.665. The third kappa shape index (κ3) is 2.62. The molecule has 100 valence electrons. The molecule has 1 aliphatic carbocycles. The highest BCUT2D eigenvalue weighted by atomic mass is 35.5. The summed E-state index contributed by atoms with van der Waals surface area (Å²) in [6.07, 6.45) is 6.02. The van der Waals surface area contributed by atoms with Crippen molar-refractivity contribution < 1.29 is 0 Å². The lowest BCUT2D eigenvalue weighted by Gasteiger charge is -2.06. The fourth-order valence-electron chi connectivity index (χ4n) is 1.97. The van der Waals surface area contributed by atoms with Gasteiger partial charge in [-0.05, 0) is 26.7 Å². The number of aromatic nitrogens is 4. The van der Waals surface area contributed by atoms with Crippen LogP contribution >= 0.6 is 11.6 Å². The minimum atomic E-state index is 0.661. The molecule has 5 nitrogen and oxygen atoms in total. The largest absolute Gasteiger partial charge is 0.308 e. The molecule has 0 unspecified atom stereocenters. The van der Waals surface area contributed by atoms with Gasteiger partial charge >= 0.3 is 0 Å². The number of nitrogens with one attached hydrogen (secondary N) is 1. The maximum Gasteiger partial charge on any atom is 0.172 e. The molecule has 0 radical (unpaired) electrons. The highest BCUT2D eigenvalue weighted by Gasteiger charge is 2.20. The second-order valence-electron chi connectivity index (χ2n) is 4.92. The standard InChI is InChI=1S/C13H16ClN5/c1-8-13(14)9(2)19(18-8)12-7-15-5-11(17-12)6-16-10-3-4-10/h5,7,10,16H,3-4,6H2,1-2H3. The zero-order chi connectivity index (χ0) is 13.4. The fraction of sp³-hybridized carbons (Fsp3) is 0.462. The second kappa shape index (κ2) is 4.90. The van der Waals surface area contributed by atoms with E-state index in [1.165, 1.54) is 12.8 Å². The molecule has 0 saturated heterocycles. The average molecular weight is 278 g/mol. The molecule has 0 atom stereocenters. The van der Waals surface area contributed by atoms with Gasteiger partial charge in [0.25, 0.3) is 0 Å². The van der Waals surface area contributed by atoms with E-state index >= 15 is 0 Å². The number of nitrogens with zero attached hydrogens (tertiary/aromatic N) is 4. The van der Waals surface area contributed by atoms with Crippen LogP contribution in [0.2, 0.25) is 5.02 Å². The highest BCUT2D eigenvalue weighted by Crippen LogP contribution is 2.21. The predicted molar refractivity (Wildman–Crippen MR) is 73.5 cm³/mol. The summed E-state index contributed by atoms with van der Waals surface area (Å²) in [5.74, 6) is 0.711. The summed E-state index contributed by atoms with van der Waals surface area (Å²) in [7, 11) is 0. The van der Waals surface area contributed by atoms with Gasteiger partial charge in [0.1, 0.15) is 0 Å². The molecule has 2 aromatic heterocycles. The van der Waals surface area contributed by atoms with E-state index in [1.54, 1.807) is 17.1 Å². The first-order valence-corrected chi connectivity index (χ1v) is 6.79. The van der Waals surface area contributed by atoms with Crippen LogP contribution in [0.4, 0.5) is 0 Å². The summed E-state index contributed by atoms with van der Waals surface area (Å²) < 4.78 is 1.74. The summed E-state index contributed by atoms with van der Waals surface area (Å²) in [5.41, 5.74) is 2.62. The molecule has 6 heteroatoms. The lowest BCUT2D eigenvalue weighted by Crippen LogP contribution is -2.17. The monoisotopic (exact) mass is 277 g/mol. The molecule has 0 spiro atoms. The van der Waals surface area contributed by atoms with Gasteiger partial charge < -0.3 is 5.32 Å². The Bertz CT molecular complexity index is 603. The predicted octanol–water partition coefficient (Wildman–Crippen LogP) is 2.18. The van der Waals surface area contributed by atoms with Gasteiger partial charge in [-0.25, -0.2) is 9.67 Å². The third-order valence-corrected chi connectivity index (χ3v) is 3.79. The maximum absolute atomic E-state index is 6.16. The van der Waals surface area contributed by atoms with Gasteiger partial charge in [0.2, 0.25) is 0 Å². The van der Waals surface area contributed by atoms with Crippen molar-refractivity contribution in [3.05, 3.63) is 34.5 Å². The zero-order valence-corrected chi connectivity index (χ0v) is 11.8. The van der Waals surface area contributed by atoms with Gasteiger partial charge in [-0.3, -0.25) is 4.98 Å². The molecule has 19 heavy (non-hydrogen) atoms. The zero-order valence-electron chi connectivity index (χ0n) is 11.0. The van der Waals surface area contributed by atoms with Crippen molar-refractivity contribution in [3.8, 4) is 5.82 Å². The van der Waals surface area contributed by atoms with E-state index in [1.807, 2.05) is 13.8 Å². The van der Waals surface area contributed by atoms with Crippen molar-refractivity contribution in [2.75, 3.05) is 0 Å². The number of aryl methyl sites for hydroxylation is 1. The quantitative estimate of drug-likeness (QED) is 0.931. The van der Waals surface area contributed by atoms with Crippen LogP contribution in [-0.4, -0.2) is 25.8 Å². The first-order valence-electron chi connectivity index (χ1n) is 6.41. The van der Waals surface area contributed by atoms with Crippen LogP contribution in [0, 0.1) is 13.8 Å². The number of hydrogen-bond acceptors (Lipinski definition) is 4. The van der Waals surface area contributed by atoms with Gasteiger partial charge in [0.15, 0.2) is 5.82 Å². The van der Waals surface area contributed by atoms with Gasteiger partial charge in [-0.15, -0.1) is 0 Å². The Labute approximate surface area is 117 Å². The van der Waals surface area contributed by atoms with Crippen molar-refractivity contribution in [2.45, 2.75) is 39.3 Å². The van der Waals surface area contributed by atoms with E-state index in [9.17, 15) is 0 Å². The molecule has 2 aromatic rings. The first kappa shape index (κ1) is 12.6. The average Bonchev–Trinajstić information content (AvgIpc) is 3.21. The van der Waals surface area contributed by atoms with Crippen LogP contribution in [-0.2, 0) is 6.54 Å². The SMILES string of the molecule is Cc1nn(-c2cncc(CNC3CC3)n2)c(C)c1Cl. The van der Waals surface area contributed by atoms with Crippen molar-refractivity contribution in [1.82, 2.24) is 25.1 Å². The Kier molecular flexibility index (Phi) is 3.24. The summed E-state index contributed by atoms with van der Waals surface area (Å²) in [4.78, 5) is 8.81. The lowest BCUT2D eigenvalue weighted by atomic mass is 10.4. The van der Waals surface area contributed by atoms with Gasteiger partial charge in [0, 0.05) is 18.8 Å². The minimum absolute atomic E-state index is 0.661. The van der Waals surface area contributed by atoms with Crippen LogP contribution in [0.5, 0.6) is 0 Å². The van der Waals surface area contributed by atoms with E-state index in [0.29, 0.717) is 16.9 Å². The Morgan fingerprint density at radius 1 is 1.37 bits per heavy atom. The molecule has 3 rings (SSSR count). The normalized spacial score (nSPS) is 14.9. The first-order chi connectivity index (χ1) is 9.15. The van der Waals surface area contributed by atoms with E-state index in [0.717, 1.165) is 23.6 Å². The second-order valence-corrected chi connectivity index (χ2v) is 5.30. The summed E-state index contributed by atoms with van der Waals surface area (Å²) in [5, 5.41) is 8.50. The number of halogens is 1. The van der Waals surface area contributed by atoms with Crippen LogP contribution < -0.4 is 5.32 Å². The highest BCUT2D eigenvalue weighted by molar-refractivity contribution is 6.31. The Morgan fingerprint density at radius 3 is 2.79 bits per heavy atom. The molecule has 1 fully saturated rings. The topological polar surface area (TPSA) is 55.6 Å². The molecule has 1 N–H and O–H groups in total. The summed E-state index contributed by atoms with van der Waals surface area (Å²) in [6, 6.07) is 0.661. The Morgan fingerprint density at radius 2 is 2.16 bits per heavy atom. The Hall–Kier alpha value is -1.46. The van der Waals surface area contributed by atoms with Gasteiger partial charge in [-0.1, -0.05) is 11.6 Å². The molecule has 0 amide bonds. The maximum atomic E-state index is 6.16. The molecule has 0 bridgehead atoms. The van der Waals surface area contributed by atoms with Gasteiger partial charge in [0.05, 0.1) is 28.3 Å². The van der Waals surface area contributed by atoms with Crippen molar-refractivity contribution in [1.29, 1.82) is 0 Å². The Balaban J connectivity index is 1.86. The smallest absolute Gasteiger partial charge is 0.172 e. The molecule has 0 aliphatic heterocycles. The molecular formula is C13H16ClN5. The van der Waals surface area contributed by atoms with Crippen molar-refractivity contribution in [2.24, 2.45) is 0 Å². The van der Waals surface area contributed by atoms with E-state index in [4.69, 9.17) is 11.6 Å². The van der Waals surface area contributed by atoms with Crippen LogP contribution in [0.25, 0.3) is 5.82 Å². The summed E-state index contributed by atoms with van der Waals surface area (Å²) >= 11 is 6.16. The van der Waals surface area contributed by atoms with Crippen LogP contribution in [0.1, 0.15) is 29.9 Å². The number of hydrogen-bond donors (Lipinski definition) is 1. The van der Waals surface area contributed by atoms with Gasteiger partial charge in [-0.2, -0.15) is 5.10 Å². The van der Waals surface area contributed by atoms with Crippen LogP contribution in [0.3, 0.4) is 0 Å². The minimum Gasteiger partial charge on any atom is -0.308 e. The van der Waals surface area contributed by atoms with Crippen molar-refractivity contribution >= 4 is 11.6 Å². The number of rotatable bonds is 4. The molecule has 1 aliphatic rings. The van der Waals surface area contributed by atoms with Crippen molar-refractivity contribution in [3.63, 3.8) is 0 Å². The van der Waals surface area contributed by atoms with E-state index in [-0.39, 0.29) is 0 Å². The van der Waals surface area contributed by atoms with Crippen LogP contribution in [0.15, 0.2) is 12.4 Å². The summed E-state index contributed by atoms with van der Waals surface area (Å²) in [6.45, 7) is 4.56. The third-order valence-electron chi connectivity index (χ3n) is 3.24. The molecule has 0 aromatic carbocycles. The molecule has 2 heterocycles. The molecule has 1 saturated carbocycles. The van der Waals surface area contributed by atoms with E-state index < -0.39 is 0 Å². The molecular weight excluding hydrogens is 262 g/mol. The fourth-order valence-corrected chi connectivity index (χ4v) is 2.08. The van der Waals surface area contributed by atoms with E-state index in [2.05, 4.69) is 20.4 Å².